The van der Waals surface area contributed by atoms with E-state index < -0.39 is 0 Å². The number of benzene rings is 1. The van der Waals surface area contributed by atoms with Crippen molar-refractivity contribution in [1.29, 1.82) is 0 Å². The Bertz CT molecular complexity index is 309. The lowest BCUT2D eigenvalue weighted by molar-refractivity contribution is 0.713. The van der Waals surface area contributed by atoms with Gasteiger partial charge in [-0.05, 0) is 36.5 Å². The van der Waals surface area contributed by atoms with E-state index in [1.807, 2.05) is 7.05 Å². The van der Waals surface area contributed by atoms with Gasteiger partial charge in [0.25, 0.3) is 0 Å². The zero-order valence-corrected chi connectivity index (χ0v) is 10.0. The van der Waals surface area contributed by atoms with E-state index >= 15 is 0 Å². The lowest BCUT2D eigenvalue weighted by atomic mass is 9.98. The van der Waals surface area contributed by atoms with Gasteiger partial charge >= 0.3 is 0 Å². The quantitative estimate of drug-likeness (QED) is 0.716. The molecule has 0 fully saturated rings. The first-order valence-corrected chi connectivity index (χ1v) is 5.58. The van der Waals surface area contributed by atoms with Gasteiger partial charge in [-0.15, -0.1) is 0 Å². The van der Waals surface area contributed by atoms with E-state index in [-0.39, 0.29) is 0 Å². The molecule has 0 aliphatic carbocycles. The third-order valence-corrected chi connectivity index (χ3v) is 2.79. The molecule has 0 radical (unpaired) electrons. The molecule has 1 heteroatoms. The van der Waals surface area contributed by atoms with Crippen LogP contribution < -0.4 is 5.32 Å². The Morgan fingerprint density at radius 1 is 1.27 bits per heavy atom. The molecule has 1 rings (SSSR count). The van der Waals surface area contributed by atoms with Crippen LogP contribution in [0.2, 0.25) is 0 Å². The highest BCUT2D eigenvalue weighted by Crippen LogP contribution is 2.16. The maximum atomic E-state index is 4.09. The molecule has 0 heterocycles. The van der Waals surface area contributed by atoms with Gasteiger partial charge < -0.3 is 5.32 Å². The first-order chi connectivity index (χ1) is 7.13. The smallest absolute Gasteiger partial charge is 0.0337 e. The third kappa shape index (κ3) is 3.78. The van der Waals surface area contributed by atoms with Gasteiger partial charge in [0.15, 0.2) is 0 Å². The number of hydrogen-bond acceptors (Lipinski definition) is 1. The lowest BCUT2D eigenvalue weighted by Gasteiger charge is -2.09. The number of nitrogens with one attached hydrogen (secondary N) is 1. The second kappa shape index (κ2) is 5.59. The van der Waals surface area contributed by atoms with Crippen molar-refractivity contribution in [3.63, 3.8) is 0 Å². The number of rotatable bonds is 5. The predicted molar refractivity (Wildman–Crippen MR) is 68.3 cm³/mol. The summed E-state index contributed by atoms with van der Waals surface area (Å²) >= 11 is 0. The van der Waals surface area contributed by atoms with Crippen LogP contribution in [0.25, 0.3) is 0 Å². The Morgan fingerprint density at radius 3 is 2.33 bits per heavy atom. The fourth-order valence-electron chi connectivity index (χ4n) is 1.43. The van der Waals surface area contributed by atoms with Crippen LogP contribution in [0.3, 0.4) is 0 Å². The Hall–Kier alpha value is -1.24. The second-order valence-electron chi connectivity index (χ2n) is 4.26. The van der Waals surface area contributed by atoms with Crippen molar-refractivity contribution in [2.24, 2.45) is 5.92 Å². The zero-order chi connectivity index (χ0) is 11.3. The standard InChI is InChI=1S/C14H21N/c1-11(2)12(3)5-6-13-7-9-14(15-4)10-8-13/h7-11,15H,3,5-6H2,1-2,4H3. The number of allylic oxidation sites excluding steroid dienone is 1. The molecule has 0 unspecified atom stereocenters. The maximum absolute atomic E-state index is 4.09. The van der Waals surface area contributed by atoms with E-state index in [1.54, 1.807) is 0 Å². The fourth-order valence-corrected chi connectivity index (χ4v) is 1.43. The second-order valence-corrected chi connectivity index (χ2v) is 4.26. The minimum absolute atomic E-state index is 0.599. The molecular formula is C14H21N. The molecule has 1 nitrogen and oxygen atoms in total. The van der Waals surface area contributed by atoms with Crippen LogP contribution in [0.15, 0.2) is 36.4 Å². The zero-order valence-electron chi connectivity index (χ0n) is 10.0. The molecule has 15 heavy (non-hydrogen) atoms. The van der Waals surface area contributed by atoms with Crippen LogP contribution in [0.4, 0.5) is 5.69 Å². The van der Waals surface area contributed by atoms with Crippen molar-refractivity contribution in [2.75, 3.05) is 12.4 Å². The van der Waals surface area contributed by atoms with Gasteiger partial charge in [0, 0.05) is 12.7 Å². The van der Waals surface area contributed by atoms with Gasteiger partial charge in [-0.2, -0.15) is 0 Å². The van der Waals surface area contributed by atoms with E-state index in [0.717, 1.165) is 12.8 Å². The summed E-state index contributed by atoms with van der Waals surface area (Å²) in [6.45, 7) is 8.49. The van der Waals surface area contributed by atoms with Crippen LogP contribution in [-0.2, 0) is 6.42 Å². The number of aryl methyl sites for hydroxylation is 1. The van der Waals surface area contributed by atoms with Crippen molar-refractivity contribution in [3.05, 3.63) is 42.0 Å². The summed E-state index contributed by atoms with van der Waals surface area (Å²) in [4.78, 5) is 0. The summed E-state index contributed by atoms with van der Waals surface area (Å²) in [5.41, 5.74) is 3.89. The molecular weight excluding hydrogens is 182 g/mol. The van der Waals surface area contributed by atoms with Crippen molar-refractivity contribution >= 4 is 5.69 Å². The molecule has 1 aromatic carbocycles. The molecule has 0 spiro atoms. The minimum Gasteiger partial charge on any atom is -0.388 e. The maximum Gasteiger partial charge on any atom is 0.0337 e. The molecule has 0 amide bonds. The molecule has 82 valence electrons. The van der Waals surface area contributed by atoms with Crippen LogP contribution in [0, 0.1) is 5.92 Å². The highest BCUT2D eigenvalue weighted by atomic mass is 14.8. The van der Waals surface area contributed by atoms with Crippen molar-refractivity contribution in [1.82, 2.24) is 0 Å². The number of anilines is 1. The summed E-state index contributed by atoms with van der Waals surface area (Å²) in [6.07, 6.45) is 2.19. The van der Waals surface area contributed by atoms with Gasteiger partial charge in [-0.1, -0.05) is 38.1 Å². The van der Waals surface area contributed by atoms with Gasteiger partial charge in [0.05, 0.1) is 0 Å². The normalized spacial score (nSPS) is 10.4. The van der Waals surface area contributed by atoms with Gasteiger partial charge in [-0.25, -0.2) is 0 Å². The van der Waals surface area contributed by atoms with Crippen LogP contribution in [0.1, 0.15) is 25.8 Å². The van der Waals surface area contributed by atoms with Crippen molar-refractivity contribution in [3.8, 4) is 0 Å². The van der Waals surface area contributed by atoms with Gasteiger partial charge in [0.1, 0.15) is 0 Å². The summed E-state index contributed by atoms with van der Waals surface area (Å²) in [5.74, 6) is 0.599. The average molecular weight is 203 g/mol. The molecule has 0 atom stereocenters. The van der Waals surface area contributed by atoms with E-state index in [2.05, 4.69) is 50.0 Å². The minimum atomic E-state index is 0.599. The average Bonchev–Trinajstić information content (AvgIpc) is 2.26. The lowest BCUT2D eigenvalue weighted by Crippen LogP contribution is -1.95. The van der Waals surface area contributed by atoms with E-state index in [0.29, 0.717) is 5.92 Å². The number of hydrogen-bond donors (Lipinski definition) is 1. The summed E-state index contributed by atoms with van der Waals surface area (Å²) in [7, 11) is 1.94. The Kier molecular flexibility index (Phi) is 4.41. The van der Waals surface area contributed by atoms with Crippen LogP contribution in [-0.4, -0.2) is 7.05 Å². The molecule has 0 aliphatic rings. The monoisotopic (exact) mass is 203 g/mol. The van der Waals surface area contributed by atoms with Gasteiger partial charge in [-0.3, -0.25) is 0 Å². The highest BCUT2D eigenvalue weighted by molar-refractivity contribution is 5.43. The molecule has 0 aromatic heterocycles. The Balaban J connectivity index is 2.47. The largest absolute Gasteiger partial charge is 0.388 e. The summed E-state index contributed by atoms with van der Waals surface area (Å²) < 4.78 is 0. The SMILES string of the molecule is C=C(CCc1ccc(NC)cc1)C(C)C. The first kappa shape index (κ1) is 11.8. The van der Waals surface area contributed by atoms with Crippen molar-refractivity contribution in [2.45, 2.75) is 26.7 Å². The molecule has 0 saturated heterocycles. The van der Waals surface area contributed by atoms with Crippen LogP contribution >= 0.6 is 0 Å². The topological polar surface area (TPSA) is 12.0 Å². The first-order valence-electron chi connectivity index (χ1n) is 5.58. The molecule has 1 aromatic rings. The molecule has 0 saturated carbocycles. The van der Waals surface area contributed by atoms with E-state index in [1.165, 1.54) is 16.8 Å². The molecule has 0 bridgehead atoms. The Labute approximate surface area is 93.2 Å². The van der Waals surface area contributed by atoms with E-state index in [9.17, 15) is 0 Å². The third-order valence-electron chi connectivity index (χ3n) is 2.79. The fraction of sp³-hybridized carbons (Fsp3) is 0.429. The molecule has 1 N–H and O–H groups in total. The van der Waals surface area contributed by atoms with Gasteiger partial charge in [0.2, 0.25) is 0 Å². The predicted octanol–water partition coefficient (Wildman–Crippen LogP) is 3.87. The Morgan fingerprint density at radius 2 is 1.87 bits per heavy atom. The van der Waals surface area contributed by atoms with E-state index in [4.69, 9.17) is 0 Å². The van der Waals surface area contributed by atoms with Crippen LogP contribution in [0.5, 0.6) is 0 Å². The summed E-state index contributed by atoms with van der Waals surface area (Å²) in [5, 5.41) is 3.12. The highest BCUT2D eigenvalue weighted by Gasteiger charge is 2.00. The van der Waals surface area contributed by atoms with Crippen molar-refractivity contribution < 1.29 is 0 Å². The summed E-state index contributed by atoms with van der Waals surface area (Å²) in [6, 6.07) is 8.60. The molecule has 0 aliphatic heterocycles.